The molecule has 1 aromatic carbocycles. The first-order chi connectivity index (χ1) is 10.6. The highest BCUT2D eigenvalue weighted by Crippen LogP contribution is 2.15. The van der Waals surface area contributed by atoms with Gasteiger partial charge in [0.15, 0.2) is 0 Å². The first kappa shape index (κ1) is 16.3. The molecule has 116 valence electrons. The third-order valence-electron chi connectivity index (χ3n) is 3.38. The number of halogens is 1. The Hall–Kier alpha value is -2.07. The van der Waals surface area contributed by atoms with Crippen LogP contribution in [0.1, 0.15) is 30.1 Å². The minimum atomic E-state index is -0.198. The average Bonchev–Trinajstić information content (AvgIpc) is 2.54. The Morgan fingerprint density at radius 3 is 2.55 bits per heavy atom. The zero-order valence-corrected chi connectivity index (χ0v) is 13.6. The second-order valence-corrected chi connectivity index (χ2v) is 5.57. The summed E-state index contributed by atoms with van der Waals surface area (Å²) in [6.45, 7) is 3.16. The summed E-state index contributed by atoms with van der Waals surface area (Å²) in [5.74, 6) is 0.337. The van der Waals surface area contributed by atoms with Crippen LogP contribution in [0.25, 0.3) is 0 Å². The van der Waals surface area contributed by atoms with Crippen molar-refractivity contribution >= 4 is 29.0 Å². The number of carbonyl (C=O) groups is 1. The van der Waals surface area contributed by atoms with E-state index in [9.17, 15) is 4.79 Å². The van der Waals surface area contributed by atoms with Gasteiger partial charge in [0.1, 0.15) is 5.82 Å². The van der Waals surface area contributed by atoms with E-state index in [2.05, 4.69) is 22.1 Å². The van der Waals surface area contributed by atoms with Crippen LogP contribution in [-0.2, 0) is 0 Å². The Bertz CT molecular complexity index is 611. The van der Waals surface area contributed by atoms with Crippen molar-refractivity contribution in [3.63, 3.8) is 0 Å². The molecule has 2 rings (SSSR count). The minimum absolute atomic E-state index is 0.198. The summed E-state index contributed by atoms with van der Waals surface area (Å²) in [4.78, 5) is 18.5. The molecule has 1 aromatic heterocycles. The van der Waals surface area contributed by atoms with Gasteiger partial charge in [-0.25, -0.2) is 4.98 Å². The van der Waals surface area contributed by atoms with Crippen molar-refractivity contribution in [1.82, 2.24) is 4.98 Å². The maximum atomic E-state index is 12.1. The fourth-order valence-electron chi connectivity index (χ4n) is 2.00. The van der Waals surface area contributed by atoms with E-state index in [1.807, 2.05) is 19.2 Å². The predicted octanol–water partition coefficient (Wildman–Crippen LogP) is 4.22. The van der Waals surface area contributed by atoms with Gasteiger partial charge >= 0.3 is 0 Å². The zero-order valence-electron chi connectivity index (χ0n) is 12.8. The van der Waals surface area contributed by atoms with Crippen molar-refractivity contribution in [1.29, 1.82) is 0 Å². The number of nitrogens with one attached hydrogen (secondary N) is 1. The zero-order chi connectivity index (χ0) is 15.9. The molecule has 0 atom stereocenters. The van der Waals surface area contributed by atoms with Crippen molar-refractivity contribution in [2.24, 2.45) is 0 Å². The van der Waals surface area contributed by atoms with Gasteiger partial charge in [-0.3, -0.25) is 4.79 Å². The highest BCUT2D eigenvalue weighted by Gasteiger charge is 2.07. The van der Waals surface area contributed by atoms with E-state index in [4.69, 9.17) is 11.6 Å². The van der Waals surface area contributed by atoms with Crippen molar-refractivity contribution in [2.75, 3.05) is 23.8 Å². The van der Waals surface area contributed by atoms with Crippen LogP contribution in [0.4, 0.5) is 11.5 Å². The number of amides is 1. The normalized spacial score (nSPS) is 10.3. The summed E-state index contributed by atoms with van der Waals surface area (Å²) in [7, 11) is 2.04. The molecule has 1 heterocycles. The molecule has 0 aliphatic rings. The van der Waals surface area contributed by atoms with Crippen LogP contribution in [0.5, 0.6) is 0 Å². The van der Waals surface area contributed by atoms with E-state index in [0.29, 0.717) is 16.4 Å². The monoisotopic (exact) mass is 317 g/mol. The molecule has 0 fully saturated rings. The molecule has 0 unspecified atom stereocenters. The Balaban J connectivity index is 1.98. The maximum absolute atomic E-state index is 12.1. The van der Waals surface area contributed by atoms with Crippen LogP contribution in [0.2, 0.25) is 5.02 Å². The molecule has 22 heavy (non-hydrogen) atoms. The van der Waals surface area contributed by atoms with E-state index in [1.54, 1.807) is 30.5 Å². The largest absolute Gasteiger partial charge is 0.373 e. The fraction of sp³-hybridized carbons (Fsp3) is 0.294. The summed E-state index contributed by atoms with van der Waals surface area (Å²) in [5, 5.41) is 3.38. The lowest BCUT2D eigenvalue weighted by Crippen LogP contribution is -2.18. The van der Waals surface area contributed by atoms with Crippen LogP contribution in [0.15, 0.2) is 42.6 Å². The quantitative estimate of drug-likeness (QED) is 0.867. The number of hydrogen-bond donors (Lipinski definition) is 1. The number of rotatable bonds is 6. The van der Waals surface area contributed by atoms with E-state index < -0.39 is 0 Å². The highest BCUT2D eigenvalue weighted by atomic mass is 35.5. The standard InChI is InChI=1S/C17H20ClN3O/c1-3-4-11-21(2)15-9-10-16(19-12-15)20-17(22)13-5-7-14(18)8-6-13/h5-10,12H,3-4,11H2,1-2H3,(H,19,20,22). The molecule has 4 nitrogen and oxygen atoms in total. The smallest absolute Gasteiger partial charge is 0.256 e. The lowest BCUT2D eigenvalue weighted by atomic mass is 10.2. The van der Waals surface area contributed by atoms with Gasteiger partial charge in [0.25, 0.3) is 5.91 Å². The summed E-state index contributed by atoms with van der Waals surface area (Å²) in [6.07, 6.45) is 4.08. The Labute approximate surface area is 136 Å². The molecule has 0 spiro atoms. The molecule has 0 bridgehead atoms. The summed E-state index contributed by atoms with van der Waals surface area (Å²) >= 11 is 5.81. The lowest BCUT2D eigenvalue weighted by Gasteiger charge is -2.18. The number of pyridine rings is 1. The number of hydrogen-bond acceptors (Lipinski definition) is 3. The van der Waals surface area contributed by atoms with Crippen molar-refractivity contribution < 1.29 is 4.79 Å². The van der Waals surface area contributed by atoms with Crippen molar-refractivity contribution in [2.45, 2.75) is 19.8 Å². The maximum Gasteiger partial charge on any atom is 0.256 e. The molecule has 0 radical (unpaired) electrons. The molecule has 1 N–H and O–H groups in total. The molecule has 5 heteroatoms. The van der Waals surface area contributed by atoms with Crippen LogP contribution < -0.4 is 10.2 Å². The molecular formula is C17H20ClN3O. The molecule has 0 aliphatic carbocycles. The predicted molar refractivity (Wildman–Crippen MR) is 91.8 cm³/mol. The van der Waals surface area contributed by atoms with Gasteiger partial charge in [-0.15, -0.1) is 0 Å². The van der Waals surface area contributed by atoms with Gasteiger partial charge in [-0.2, -0.15) is 0 Å². The van der Waals surface area contributed by atoms with E-state index in [0.717, 1.165) is 25.1 Å². The summed E-state index contributed by atoms with van der Waals surface area (Å²) in [6, 6.07) is 10.5. The van der Waals surface area contributed by atoms with Crippen LogP contribution in [0, 0.1) is 0 Å². The topological polar surface area (TPSA) is 45.2 Å². The first-order valence-electron chi connectivity index (χ1n) is 7.34. The third kappa shape index (κ3) is 4.46. The van der Waals surface area contributed by atoms with E-state index in [1.165, 1.54) is 0 Å². The van der Waals surface area contributed by atoms with Crippen LogP contribution in [-0.4, -0.2) is 24.5 Å². The SMILES string of the molecule is CCCCN(C)c1ccc(NC(=O)c2ccc(Cl)cc2)nc1. The fourth-order valence-corrected chi connectivity index (χ4v) is 2.13. The van der Waals surface area contributed by atoms with E-state index in [-0.39, 0.29) is 5.91 Å². The van der Waals surface area contributed by atoms with Crippen LogP contribution >= 0.6 is 11.6 Å². The number of anilines is 2. The Morgan fingerprint density at radius 1 is 1.23 bits per heavy atom. The molecule has 2 aromatic rings. The Kier molecular flexibility index (Phi) is 5.78. The highest BCUT2D eigenvalue weighted by molar-refractivity contribution is 6.30. The van der Waals surface area contributed by atoms with E-state index >= 15 is 0 Å². The van der Waals surface area contributed by atoms with Gasteiger partial charge < -0.3 is 10.2 Å². The number of nitrogens with zero attached hydrogens (tertiary/aromatic N) is 2. The second kappa shape index (κ2) is 7.80. The lowest BCUT2D eigenvalue weighted by molar-refractivity contribution is 0.102. The van der Waals surface area contributed by atoms with Gasteiger partial charge in [-0.1, -0.05) is 24.9 Å². The van der Waals surface area contributed by atoms with Gasteiger partial charge in [0, 0.05) is 24.2 Å². The number of unbranched alkanes of at least 4 members (excludes halogenated alkanes) is 1. The number of carbonyl (C=O) groups excluding carboxylic acids is 1. The van der Waals surface area contributed by atoms with Gasteiger partial charge in [-0.05, 0) is 42.8 Å². The summed E-state index contributed by atoms with van der Waals surface area (Å²) in [5.41, 5.74) is 1.59. The van der Waals surface area contributed by atoms with Crippen LogP contribution in [0.3, 0.4) is 0 Å². The molecule has 0 saturated carbocycles. The van der Waals surface area contributed by atoms with Gasteiger partial charge in [0.05, 0.1) is 11.9 Å². The first-order valence-corrected chi connectivity index (χ1v) is 7.72. The average molecular weight is 318 g/mol. The molecule has 0 saturated heterocycles. The second-order valence-electron chi connectivity index (χ2n) is 5.14. The number of benzene rings is 1. The third-order valence-corrected chi connectivity index (χ3v) is 3.64. The molecule has 1 amide bonds. The molecule has 0 aliphatic heterocycles. The Morgan fingerprint density at radius 2 is 1.95 bits per heavy atom. The van der Waals surface area contributed by atoms with Gasteiger partial charge in [0.2, 0.25) is 0 Å². The van der Waals surface area contributed by atoms with Crippen molar-refractivity contribution in [3.8, 4) is 0 Å². The van der Waals surface area contributed by atoms with Crippen molar-refractivity contribution in [3.05, 3.63) is 53.2 Å². The summed E-state index contributed by atoms with van der Waals surface area (Å²) < 4.78 is 0. The molecular weight excluding hydrogens is 298 g/mol. The minimum Gasteiger partial charge on any atom is -0.373 e. The number of aromatic nitrogens is 1.